The summed E-state index contributed by atoms with van der Waals surface area (Å²) in [6.45, 7) is 0. The normalized spacial score (nSPS) is 12.4. The van der Waals surface area contributed by atoms with Gasteiger partial charge in [-0.2, -0.15) is 0 Å². The minimum absolute atomic E-state index is 0.281. The van der Waals surface area contributed by atoms with Crippen molar-refractivity contribution in [3.05, 3.63) is 68.4 Å². The molecule has 0 aliphatic rings. The van der Waals surface area contributed by atoms with E-state index in [1.807, 2.05) is 24.3 Å². The minimum Gasteiger partial charge on any atom is -0.392 e. The third-order valence-corrected chi connectivity index (χ3v) is 3.81. The molecule has 0 aliphatic carbocycles. The third kappa shape index (κ3) is 4.41. The molecule has 0 bridgehead atoms. The van der Waals surface area contributed by atoms with E-state index in [9.17, 15) is 9.50 Å². The molecular weight excluding hydrogens is 375 g/mol. The summed E-state index contributed by atoms with van der Waals surface area (Å²) in [7, 11) is 0. The molecule has 0 aromatic heterocycles. The molecule has 0 radical (unpaired) electrons. The summed E-state index contributed by atoms with van der Waals surface area (Å²) < 4.78 is 15.4. The molecule has 0 spiro atoms. The van der Waals surface area contributed by atoms with E-state index in [1.54, 1.807) is 12.1 Å². The molecular formula is C15H13Br2FO. The summed E-state index contributed by atoms with van der Waals surface area (Å²) in [5.74, 6) is -0.281. The van der Waals surface area contributed by atoms with E-state index in [0.717, 1.165) is 14.5 Å². The highest BCUT2D eigenvalue weighted by molar-refractivity contribution is 9.10. The van der Waals surface area contributed by atoms with Gasteiger partial charge < -0.3 is 5.11 Å². The van der Waals surface area contributed by atoms with Gasteiger partial charge in [0.05, 0.1) is 6.10 Å². The van der Waals surface area contributed by atoms with Crippen LogP contribution in [0, 0.1) is 5.82 Å². The van der Waals surface area contributed by atoms with Gasteiger partial charge in [0.1, 0.15) is 5.82 Å². The molecule has 1 atom stereocenters. The van der Waals surface area contributed by atoms with Gasteiger partial charge in [0, 0.05) is 15.4 Å². The topological polar surface area (TPSA) is 20.2 Å². The maximum Gasteiger partial charge on any atom is 0.126 e. The lowest BCUT2D eigenvalue weighted by molar-refractivity contribution is 0.174. The first-order chi connectivity index (χ1) is 9.04. The van der Waals surface area contributed by atoms with Gasteiger partial charge in [0.15, 0.2) is 0 Å². The van der Waals surface area contributed by atoms with Crippen LogP contribution in [0.5, 0.6) is 0 Å². The number of aliphatic hydroxyl groups is 1. The van der Waals surface area contributed by atoms with Crippen molar-refractivity contribution in [1.29, 1.82) is 0 Å². The van der Waals surface area contributed by atoms with Gasteiger partial charge in [-0.05, 0) is 47.9 Å². The number of halogens is 3. The van der Waals surface area contributed by atoms with Gasteiger partial charge in [-0.3, -0.25) is 0 Å². The Kier molecular flexibility index (Phi) is 5.13. The Labute approximate surface area is 128 Å². The molecule has 0 amide bonds. The first-order valence-electron chi connectivity index (χ1n) is 5.91. The van der Waals surface area contributed by atoms with Crippen molar-refractivity contribution in [2.75, 3.05) is 0 Å². The fourth-order valence-corrected chi connectivity index (χ4v) is 2.82. The molecule has 2 aromatic rings. The molecule has 0 aliphatic heterocycles. The first-order valence-corrected chi connectivity index (χ1v) is 7.49. The van der Waals surface area contributed by atoms with Crippen molar-refractivity contribution in [1.82, 2.24) is 0 Å². The fourth-order valence-electron chi connectivity index (χ4n) is 1.96. The molecule has 2 aromatic carbocycles. The predicted octanol–water partition coefficient (Wildman–Crippen LogP) is 4.50. The van der Waals surface area contributed by atoms with Crippen molar-refractivity contribution < 1.29 is 9.50 Å². The van der Waals surface area contributed by atoms with Crippen molar-refractivity contribution in [3.63, 3.8) is 0 Å². The predicted molar refractivity (Wildman–Crippen MR) is 81.7 cm³/mol. The van der Waals surface area contributed by atoms with Crippen LogP contribution in [0.4, 0.5) is 4.39 Å². The molecule has 1 N–H and O–H groups in total. The van der Waals surface area contributed by atoms with Crippen molar-refractivity contribution in [3.8, 4) is 0 Å². The van der Waals surface area contributed by atoms with E-state index in [2.05, 4.69) is 31.9 Å². The zero-order chi connectivity index (χ0) is 13.8. The monoisotopic (exact) mass is 386 g/mol. The fraction of sp³-hybridized carbons (Fsp3) is 0.200. The number of hydrogen-bond acceptors (Lipinski definition) is 1. The minimum atomic E-state index is -0.599. The number of hydrogen-bond donors (Lipinski definition) is 1. The van der Waals surface area contributed by atoms with Crippen molar-refractivity contribution >= 4 is 31.9 Å². The Morgan fingerprint density at radius 2 is 1.74 bits per heavy atom. The summed E-state index contributed by atoms with van der Waals surface area (Å²) in [5, 5.41) is 10.1. The molecule has 0 saturated carbocycles. The average molecular weight is 388 g/mol. The lowest BCUT2D eigenvalue weighted by Gasteiger charge is -2.12. The summed E-state index contributed by atoms with van der Waals surface area (Å²) in [6.07, 6.45) is 0.210. The van der Waals surface area contributed by atoms with Crippen molar-refractivity contribution in [2.45, 2.75) is 18.9 Å². The van der Waals surface area contributed by atoms with Crippen LogP contribution in [0.25, 0.3) is 0 Å². The van der Waals surface area contributed by atoms with E-state index in [-0.39, 0.29) is 5.82 Å². The lowest BCUT2D eigenvalue weighted by Crippen LogP contribution is -2.14. The molecule has 1 nitrogen and oxygen atoms in total. The summed E-state index contributed by atoms with van der Waals surface area (Å²) in [4.78, 5) is 0. The van der Waals surface area contributed by atoms with E-state index in [0.29, 0.717) is 18.4 Å². The van der Waals surface area contributed by atoms with Crippen LogP contribution in [0.3, 0.4) is 0 Å². The Hall–Kier alpha value is -0.710. The van der Waals surface area contributed by atoms with Gasteiger partial charge >= 0.3 is 0 Å². The highest BCUT2D eigenvalue weighted by Crippen LogP contribution is 2.19. The van der Waals surface area contributed by atoms with Gasteiger partial charge in [0.25, 0.3) is 0 Å². The molecule has 100 valence electrons. The molecule has 19 heavy (non-hydrogen) atoms. The van der Waals surface area contributed by atoms with Crippen LogP contribution in [0.15, 0.2) is 51.4 Å². The van der Waals surface area contributed by atoms with Crippen LogP contribution < -0.4 is 0 Å². The van der Waals surface area contributed by atoms with Crippen LogP contribution in [-0.4, -0.2) is 11.2 Å². The first kappa shape index (κ1) is 14.7. The maximum atomic E-state index is 13.6. The lowest BCUT2D eigenvalue weighted by atomic mass is 10.0. The molecule has 0 fully saturated rings. The van der Waals surface area contributed by atoms with Gasteiger partial charge in [-0.1, -0.05) is 44.0 Å². The quantitative estimate of drug-likeness (QED) is 0.818. The number of rotatable bonds is 4. The smallest absolute Gasteiger partial charge is 0.126 e. The van der Waals surface area contributed by atoms with Crippen LogP contribution in [0.2, 0.25) is 0 Å². The SMILES string of the molecule is OC(Cc1cccc(Br)c1)Cc1cc(Br)ccc1F. The molecule has 2 rings (SSSR count). The second kappa shape index (κ2) is 6.64. The second-order valence-corrected chi connectivity index (χ2v) is 6.26. The molecule has 0 saturated heterocycles. The van der Waals surface area contributed by atoms with Gasteiger partial charge in [-0.25, -0.2) is 4.39 Å². The van der Waals surface area contributed by atoms with Gasteiger partial charge in [0.2, 0.25) is 0 Å². The zero-order valence-corrected chi connectivity index (χ0v) is 13.3. The largest absolute Gasteiger partial charge is 0.392 e. The van der Waals surface area contributed by atoms with Crippen LogP contribution in [-0.2, 0) is 12.8 Å². The standard InChI is InChI=1S/C15H13Br2FO/c16-12-3-1-2-10(6-12)7-14(19)9-11-8-13(17)4-5-15(11)18/h1-6,8,14,19H,7,9H2. The molecule has 1 unspecified atom stereocenters. The average Bonchev–Trinajstić information content (AvgIpc) is 2.34. The highest BCUT2D eigenvalue weighted by Gasteiger charge is 2.11. The van der Waals surface area contributed by atoms with E-state index < -0.39 is 6.10 Å². The highest BCUT2D eigenvalue weighted by atomic mass is 79.9. The Morgan fingerprint density at radius 3 is 2.47 bits per heavy atom. The Morgan fingerprint density at radius 1 is 1.00 bits per heavy atom. The van der Waals surface area contributed by atoms with Crippen molar-refractivity contribution in [2.24, 2.45) is 0 Å². The summed E-state index contributed by atoms with van der Waals surface area (Å²) in [6, 6.07) is 12.5. The molecule has 4 heteroatoms. The Balaban J connectivity index is 2.05. The Bertz CT molecular complexity index is 572. The number of benzene rings is 2. The summed E-state index contributed by atoms with van der Waals surface area (Å²) >= 11 is 6.70. The van der Waals surface area contributed by atoms with E-state index in [1.165, 1.54) is 6.07 Å². The van der Waals surface area contributed by atoms with Gasteiger partial charge in [-0.15, -0.1) is 0 Å². The number of aliphatic hydroxyl groups excluding tert-OH is 1. The second-order valence-electron chi connectivity index (χ2n) is 4.43. The van der Waals surface area contributed by atoms with E-state index >= 15 is 0 Å². The maximum absolute atomic E-state index is 13.6. The third-order valence-electron chi connectivity index (χ3n) is 2.82. The van der Waals surface area contributed by atoms with Crippen LogP contribution >= 0.6 is 31.9 Å². The van der Waals surface area contributed by atoms with Crippen LogP contribution in [0.1, 0.15) is 11.1 Å². The zero-order valence-electron chi connectivity index (χ0n) is 10.1. The molecule has 0 heterocycles. The van der Waals surface area contributed by atoms with E-state index in [4.69, 9.17) is 0 Å². The summed E-state index contributed by atoms with van der Waals surface area (Å²) in [5.41, 5.74) is 1.55.